The molecule has 2 aromatic heterocycles. The van der Waals surface area contributed by atoms with Crippen LogP contribution in [0, 0.1) is 13.8 Å². The molecule has 0 amide bonds. The molecule has 0 aliphatic heterocycles. The zero-order valence-corrected chi connectivity index (χ0v) is 16.3. The molecule has 0 saturated carbocycles. The summed E-state index contributed by atoms with van der Waals surface area (Å²) in [5.41, 5.74) is 3.64. The predicted octanol–water partition coefficient (Wildman–Crippen LogP) is 4.27. The molecule has 4 rings (SSSR count). The summed E-state index contributed by atoms with van der Waals surface area (Å²) in [4.78, 5) is 21.4. The fraction of sp³-hybridized carbons (Fsp3) is 0.182. The van der Waals surface area contributed by atoms with Gasteiger partial charge >= 0.3 is 5.97 Å². The number of para-hydroxylation sites is 1. The molecule has 2 heterocycles. The predicted molar refractivity (Wildman–Crippen MR) is 107 cm³/mol. The molecule has 0 bridgehead atoms. The van der Waals surface area contributed by atoms with Crippen molar-refractivity contribution in [2.45, 2.75) is 20.5 Å². The van der Waals surface area contributed by atoms with Crippen molar-refractivity contribution in [3.8, 4) is 17.1 Å². The molecule has 146 valence electrons. The normalized spacial score (nSPS) is 10.9. The van der Waals surface area contributed by atoms with Gasteiger partial charge in [-0.3, -0.25) is 4.98 Å². The van der Waals surface area contributed by atoms with Crippen LogP contribution in [-0.4, -0.2) is 28.2 Å². The van der Waals surface area contributed by atoms with Crippen molar-refractivity contribution < 1.29 is 18.8 Å². The van der Waals surface area contributed by atoms with Gasteiger partial charge in [-0.15, -0.1) is 0 Å². The summed E-state index contributed by atoms with van der Waals surface area (Å²) in [7, 11) is 1.57. The largest absolute Gasteiger partial charge is 0.496 e. The first-order valence-electron chi connectivity index (χ1n) is 9.06. The van der Waals surface area contributed by atoms with E-state index in [0.717, 1.165) is 16.5 Å². The minimum Gasteiger partial charge on any atom is -0.496 e. The van der Waals surface area contributed by atoms with E-state index >= 15 is 0 Å². The molecule has 0 aliphatic carbocycles. The molecule has 0 radical (unpaired) electrons. The molecular weight excluding hydrogens is 370 g/mol. The highest BCUT2D eigenvalue weighted by atomic mass is 16.6. The quantitative estimate of drug-likeness (QED) is 0.471. The Morgan fingerprint density at radius 1 is 1.07 bits per heavy atom. The Labute approximate surface area is 167 Å². The molecule has 2 aromatic carbocycles. The second kappa shape index (κ2) is 7.71. The molecular formula is C22H19N3O4. The Morgan fingerprint density at radius 3 is 2.72 bits per heavy atom. The second-order valence-electron chi connectivity index (χ2n) is 6.61. The number of pyridine rings is 1. The van der Waals surface area contributed by atoms with Crippen LogP contribution in [0.2, 0.25) is 0 Å². The lowest BCUT2D eigenvalue weighted by molar-refractivity contribution is 0.0428. The van der Waals surface area contributed by atoms with Crippen molar-refractivity contribution in [2.75, 3.05) is 7.11 Å². The Hall–Kier alpha value is -3.74. The van der Waals surface area contributed by atoms with Crippen LogP contribution in [0.25, 0.3) is 22.3 Å². The number of methoxy groups -OCH3 is 1. The van der Waals surface area contributed by atoms with E-state index in [1.807, 2.05) is 49.4 Å². The number of fused-ring (bicyclic) bond motifs is 1. The average molecular weight is 389 g/mol. The number of ether oxygens (including phenoxy) is 2. The van der Waals surface area contributed by atoms with E-state index in [1.54, 1.807) is 20.1 Å². The number of aromatic nitrogens is 3. The van der Waals surface area contributed by atoms with Crippen LogP contribution in [0.3, 0.4) is 0 Å². The summed E-state index contributed by atoms with van der Waals surface area (Å²) >= 11 is 0. The molecule has 7 nitrogen and oxygen atoms in total. The van der Waals surface area contributed by atoms with Crippen LogP contribution in [-0.2, 0) is 11.3 Å². The first-order chi connectivity index (χ1) is 14.0. The van der Waals surface area contributed by atoms with Gasteiger partial charge in [0, 0.05) is 5.39 Å². The Morgan fingerprint density at radius 2 is 1.90 bits per heavy atom. The van der Waals surface area contributed by atoms with Gasteiger partial charge in [-0.2, -0.15) is 4.98 Å². The highest BCUT2D eigenvalue weighted by Gasteiger charge is 2.17. The number of aryl methyl sites for hydroxylation is 2. The molecule has 0 unspecified atom stereocenters. The lowest BCUT2D eigenvalue weighted by Gasteiger charge is -2.07. The van der Waals surface area contributed by atoms with E-state index in [2.05, 4.69) is 15.1 Å². The van der Waals surface area contributed by atoms with E-state index in [4.69, 9.17) is 14.0 Å². The number of benzene rings is 2. The number of rotatable bonds is 5. The van der Waals surface area contributed by atoms with Crippen molar-refractivity contribution in [3.05, 3.63) is 71.2 Å². The van der Waals surface area contributed by atoms with Gasteiger partial charge in [-0.05, 0) is 44.2 Å². The third-order valence-electron chi connectivity index (χ3n) is 4.52. The van der Waals surface area contributed by atoms with Gasteiger partial charge in [0.15, 0.2) is 6.61 Å². The molecule has 0 fully saturated rings. The zero-order valence-electron chi connectivity index (χ0n) is 16.3. The van der Waals surface area contributed by atoms with Crippen LogP contribution < -0.4 is 4.74 Å². The van der Waals surface area contributed by atoms with E-state index in [1.165, 1.54) is 0 Å². The van der Waals surface area contributed by atoms with Gasteiger partial charge in [0.1, 0.15) is 5.75 Å². The molecule has 0 aliphatic rings. The molecule has 0 N–H and O–H groups in total. The SMILES string of the molecule is COc1ccccc1-c1noc(COC(=O)c2cc3cc(C)ccc3nc2C)n1. The van der Waals surface area contributed by atoms with E-state index in [9.17, 15) is 4.79 Å². The van der Waals surface area contributed by atoms with Gasteiger partial charge in [0.2, 0.25) is 5.82 Å². The molecule has 0 atom stereocenters. The number of esters is 1. The van der Waals surface area contributed by atoms with Crippen molar-refractivity contribution >= 4 is 16.9 Å². The van der Waals surface area contributed by atoms with Crippen LogP contribution >= 0.6 is 0 Å². The van der Waals surface area contributed by atoms with E-state index in [0.29, 0.717) is 28.4 Å². The van der Waals surface area contributed by atoms with Gasteiger partial charge in [-0.1, -0.05) is 28.9 Å². The van der Waals surface area contributed by atoms with Crippen LogP contribution in [0.5, 0.6) is 5.75 Å². The summed E-state index contributed by atoms with van der Waals surface area (Å²) in [5.74, 6) is 0.703. The van der Waals surface area contributed by atoms with E-state index < -0.39 is 5.97 Å². The topological polar surface area (TPSA) is 87.3 Å². The summed E-state index contributed by atoms with van der Waals surface area (Å²) in [6, 6.07) is 15.0. The Kier molecular flexibility index (Phi) is 4.95. The second-order valence-corrected chi connectivity index (χ2v) is 6.61. The van der Waals surface area contributed by atoms with Gasteiger partial charge < -0.3 is 14.0 Å². The number of hydrogen-bond donors (Lipinski definition) is 0. The highest BCUT2D eigenvalue weighted by molar-refractivity contribution is 5.95. The number of hydrogen-bond acceptors (Lipinski definition) is 7. The minimum atomic E-state index is -0.490. The van der Waals surface area contributed by atoms with Crippen molar-refractivity contribution in [1.29, 1.82) is 0 Å². The summed E-state index contributed by atoms with van der Waals surface area (Å²) in [6.07, 6.45) is 0. The van der Waals surface area contributed by atoms with Crippen LogP contribution in [0.4, 0.5) is 0 Å². The van der Waals surface area contributed by atoms with Crippen LogP contribution in [0.15, 0.2) is 53.1 Å². The maximum absolute atomic E-state index is 12.6. The molecule has 4 aromatic rings. The number of carbonyl (C=O) groups is 1. The van der Waals surface area contributed by atoms with Crippen molar-refractivity contribution in [1.82, 2.24) is 15.1 Å². The first-order valence-corrected chi connectivity index (χ1v) is 9.06. The molecule has 0 spiro atoms. The van der Waals surface area contributed by atoms with E-state index in [-0.39, 0.29) is 12.5 Å². The summed E-state index contributed by atoms with van der Waals surface area (Å²) in [5, 5.41) is 4.83. The zero-order chi connectivity index (χ0) is 20.4. The molecule has 0 saturated heterocycles. The summed E-state index contributed by atoms with van der Waals surface area (Å²) < 4.78 is 15.9. The van der Waals surface area contributed by atoms with Crippen molar-refractivity contribution in [2.24, 2.45) is 0 Å². The van der Waals surface area contributed by atoms with Crippen molar-refractivity contribution in [3.63, 3.8) is 0 Å². The maximum atomic E-state index is 12.6. The highest BCUT2D eigenvalue weighted by Crippen LogP contribution is 2.27. The minimum absolute atomic E-state index is 0.133. The van der Waals surface area contributed by atoms with Crippen LogP contribution in [0.1, 0.15) is 27.5 Å². The van der Waals surface area contributed by atoms with Gasteiger partial charge in [-0.25, -0.2) is 4.79 Å². The molecule has 29 heavy (non-hydrogen) atoms. The van der Waals surface area contributed by atoms with Gasteiger partial charge in [0.25, 0.3) is 5.89 Å². The summed E-state index contributed by atoms with van der Waals surface area (Å²) in [6.45, 7) is 3.64. The average Bonchev–Trinajstić information content (AvgIpc) is 3.20. The smallest absolute Gasteiger partial charge is 0.340 e. The lowest BCUT2D eigenvalue weighted by atomic mass is 10.1. The lowest BCUT2D eigenvalue weighted by Crippen LogP contribution is -2.08. The third-order valence-corrected chi connectivity index (χ3v) is 4.52. The first kappa shape index (κ1) is 18.6. The maximum Gasteiger partial charge on any atom is 0.340 e. The number of nitrogens with zero attached hydrogens (tertiary/aromatic N) is 3. The fourth-order valence-corrected chi connectivity index (χ4v) is 3.06. The van der Waals surface area contributed by atoms with Gasteiger partial charge in [0.05, 0.1) is 29.4 Å². The third kappa shape index (κ3) is 3.80. The standard InChI is InChI=1S/C22H19N3O4/c1-13-8-9-18-15(10-13)11-17(14(2)23-18)22(26)28-12-20-24-21(25-29-20)16-6-4-5-7-19(16)27-3/h4-11H,12H2,1-3H3. The fourth-order valence-electron chi connectivity index (χ4n) is 3.06. The molecule has 7 heteroatoms. The monoisotopic (exact) mass is 389 g/mol. The Balaban J connectivity index is 1.51. The number of carbonyl (C=O) groups excluding carboxylic acids is 1. The Bertz CT molecular complexity index is 1200.